The molecule has 2 heterocycles. The third-order valence-corrected chi connectivity index (χ3v) is 4.49. The van der Waals surface area contributed by atoms with Crippen LogP contribution in [0.2, 0.25) is 0 Å². The Morgan fingerprint density at radius 3 is 2.46 bits per heavy atom. The Hall–Kier alpha value is -3.21. The Balaban J connectivity index is 1.71. The smallest absolute Gasteiger partial charge is 0.180 e. The van der Waals surface area contributed by atoms with E-state index in [0.29, 0.717) is 5.65 Å². The number of hydrogen-bond donors (Lipinski definition) is 2. The number of fused-ring (bicyclic) bond motifs is 1. The average Bonchev–Trinajstić information content (AvgIpc) is 3.05. The highest BCUT2D eigenvalue weighted by Gasteiger charge is 2.14. The van der Waals surface area contributed by atoms with Crippen molar-refractivity contribution < 1.29 is 0 Å². The average molecular weight is 343 g/mol. The largest absolute Gasteiger partial charge is 0.338 e. The summed E-state index contributed by atoms with van der Waals surface area (Å²) in [6.07, 6.45) is 1.67. The molecule has 4 aromatic rings. The molecular weight excluding hydrogens is 322 g/mol. The number of nitrogens with one attached hydrogen (secondary N) is 2. The first-order valence-electron chi connectivity index (χ1n) is 8.65. The maximum atomic E-state index is 4.33. The fourth-order valence-electron chi connectivity index (χ4n) is 2.99. The predicted molar refractivity (Wildman–Crippen MR) is 106 cm³/mol. The molecule has 130 valence electrons. The molecular formula is C21H21N5. The topological polar surface area (TPSA) is 66.5 Å². The first-order valence-corrected chi connectivity index (χ1v) is 8.65. The summed E-state index contributed by atoms with van der Waals surface area (Å²) in [6.45, 7) is 6.68. The minimum atomic E-state index is 0.144. The maximum Gasteiger partial charge on any atom is 0.180 e. The first-order chi connectivity index (χ1) is 12.5. The SMILES string of the molecule is CC(C)(C)c1ccc(-c2ccccc2Nc2n[nH]c3nnccc23)cc1. The Bertz CT molecular complexity index is 1040. The Morgan fingerprint density at radius 1 is 0.923 bits per heavy atom. The van der Waals surface area contributed by atoms with Crippen molar-refractivity contribution in [3.63, 3.8) is 0 Å². The van der Waals surface area contributed by atoms with Crippen molar-refractivity contribution in [2.75, 3.05) is 5.32 Å². The van der Waals surface area contributed by atoms with Gasteiger partial charge in [0.05, 0.1) is 11.6 Å². The van der Waals surface area contributed by atoms with Crippen LogP contribution in [0.1, 0.15) is 26.3 Å². The lowest BCUT2D eigenvalue weighted by molar-refractivity contribution is 0.590. The van der Waals surface area contributed by atoms with Crippen molar-refractivity contribution in [3.8, 4) is 11.1 Å². The molecule has 5 nitrogen and oxygen atoms in total. The highest BCUT2D eigenvalue weighted by Crippen LogP contribution is 2.33. The molecule has 0 spiro atoms. The summed E-state index contributed by atoms with van der Waals surface area (Å²) < 4.78 is 0. The zero-order valence-electron chi connectivity index (χ0n) is 15.1. The fraction of sp³-hybridized carbons (Fsp3) is 0.190. The minimum absolute atomic E-state index is 0.144. The van der Waals surface area contributed by atoms with Gasteiger partial charge in [0.2, 0.25) is 0 Å². The molecule has 0 atom stereocenters. The van der Waals surface area contributed by atoms with E-state index in [2.05, 4.69) is 82.9 Å². The van der Waals surface area contributed by atoms with Crippen LogP contribution in [0.5, 0.6) is 0 Å². The molecule has 0 aliphatic carbocycles. The molecule has 2 aromatic carbocycles. The highest BCUT2D eigenvalue weighted by atomic mass is 15.2. The summed E-state index contributed by atoms with van der Waals surface area (Å²) in [7, 11) is 0. The zero-order valence-corrected chi connectivity index (χ0v) is 15.1. The van der Waals surface area contributed by atoms with Crippen LogP contribution in [0.15, 0.2) is 60.8 Å². The van der Waals surface area contributed by atoms with Gasteiger partial charge in [0.1, 0.15) is 0 Å². The molecule has 2 N–H and O–H groups in total. The lowest BCUT2D eigenvalue weighted by Crippen LogP contribution is -2.10. The second kappa shape index (κ2) is 6.26. The fourth-order valence-corrected chi connectivity index (χ4v) is 2.99. The van der Waals surface area contributed by atoms with Crippen LogP contribution in [-0.2, 0) is 5.41 Å². The van der Waals surface area contributed by atoms with Crippen LogP contribution in [-0.4, -0.2) is 20.4 Å². The number of hydrogen-bond acceptors (Lipinski definition) is 4. The number of aromatic amines is 1. The number of H-pyrrole nitrogens is 1. The van der Waals surface area contributed by atoms with Crippen molar-refractivity contribution in [1.29, 1.82) is 0 Å². The number of para-hydroxylation sites is 1. The molecule has 0 fully saturated rings. The van der Waals surface area contributed by atoms with Gasteiger partial charge in [0.25, 0.3) is 0 Å². The van der Waals surface area contributed by atoms with Gasteiger partial charge in [0, 0.05) is 11.3 Å². The Kier molecular flexibility index (Phi) is 3.92. The van der Waals surface area contributed by atoms with Crippen LogP contribution >= 0.6 is 0 Å². The van der Waals surface area contributed by atoms with E-state index in [0.717, 1.165) is 22.5 Å². The van der Waals surface area contributed by atoms with Gasteiger partial charge in [-0.2, -0.15) is 10.2 Å². The second-order valence-electron chi connectivity index (χ2n) is 7.36. The van der Waals surface area contributed by atoms with Gasteiger partial charge in [-0.3, -0.25) is 5.10 Å². The molecule has 5 heteroatoms. The number of nitrogens with zero attached hydrogens (tertiary/aromatic N) is 3. The van der Waals surface area contributed by atoms with Crippen molar-refractivity contribution >= 4 is 22.5 Å². The molecule has 0 radical (unpaired) electrons. The number of rotatable bonds is 3. The van der Waals surface area contributed by atoms with E-state index >= 15 is 0 Å². The van der Waals surface area contributed by atoms with E-state index in [4.69, 9.17) is 0 Å². The number of anilines is 2. The standard InChI is InChI=1S/C21H21N5/c1-21(2,3)15-10-8-14(9-11-15)16-6-4-5-7-18(16)23-19-17-12-13-22-24-20(17)26-25-19/h4-13H,1-3H3,(H2,23,24,25,26). The summed E-state index contributed by atoms with van der Waals surface area (Å²) in [6, 6.07) is 18.9. The van der Waals surface area contributed by atoms with Crippen molar-refractivity contribution in [2.24, 2.45) is 0 Å². The van der Waals surface area contributed by atoms with E-state index in [1.54, 1.807) is 6.20 Å². The molecule has 0 bridgehead atoms. The third kappa shape index (κ3) is 3.04. The van der Waals surface area contributed by atoms with Crippen molar-refractivity contribution in [2.45, 2.75) is 26.2 Å². The molecule has 0 unspecified atom stereocenters. The highest BCUT2D eigenvalue weighted by molar-refractivity contribution is 5.91. The number of benzene rings is 2. The lowest BCUT2D eigenvalue weighted by atomic mass is 9.86. The van der Waals surface area contributed by atoms with Crippen molar-refractivity contribution in [1.82, 2.24) is 20.4 Å². The van der Waals surface area contributed by atoms with E-state index in [-0.39, 0.29) is 5.41 Å². The van der Waals surface area contributed by atoms with Gasteiger partial charge in [-0.15, -0.1) is 5.10 Å². The monoisotopic (exact) mass is 343 g/mol. The van der Waals surface area contributed by atoms with Crippen LogP contribution in [0.3, 0.4) is 0 Å². The second-order valence-corrected chi connectivity index (χ2v) is 7.36. The third-order valence-electron chi connectivity index (χ3n) is 4.49. The van der Waals surface area contributed by atoms with Crippen LogP contribution in [0.4, 0.5) is 11.5 Å². The molecule has 4 rings (SSSR count). The number of aromatic nitrogens is 4. The van der Waals surface area contributed by atoms with E-state index in [1.165, 1.54) is 11.1 Å². The lowest BCUT2D eigenvalue weighted by Gasteiger charge is -2.19. The van der Waals surface area contributed by atoms with Crippen molar-refractivity contribution in [3.05, 3.63) is 66.4 Å². The van der Waals surface area contributed by atoms with E-state index < -0.39 is 0 Å². The molecule has 26 heavy (non-hydrogen) atoms. The minimum Gasteiger partial charge on any atom is -0.338 e. The Labute approximate surface area is 152 Å². The molecule has 0 amide bonds. The van der Waals surface area contributed by atoms with Gasteiger partial charge >= 0.3 is 0 Å². The van der Waals surface area contributed by atoms with Gasteiger partial charge in [-0.05, 0) is 28.7 Å². The van der Waals surface area contributed by atoms with Crippen LogP contribution < -0.4 is 5.32 Å². The van der Waals surface area contributed by atoms with E-state index in [1.807, 2.05) is 18.2 Å². The summed E-state index contributed by atoms with van der Waals surface area (Å²) in [5.41, 5.74) is 5.43. The normalized spacial score (nSPS) is 11.7. The summed E-state index contributed by atoms with van der Waals surface area (Å²) in [5.74, 6) is 0.744. The van der Waals surface area contributed by atoms with E-state index in [9.17, 15) is 0 Å². The van der Waals surface area contributed by atoms with Gasteiger partial charge in [-0.1, -0.05) is 63.2 Å². The maximum absolute atomic E-state index is 4.33. The molecule has 0 saturated carbocycles. The summed E-state index contributed by atoms with van der Waals surface area (Å²) in [4.78, 5) is 0. The van der Waals surface area contributed by atoms with Crippen LogP contribution in [0, 0.1) is 0 Å². The van der Waals surface area contributed by atoms with Gasteiger partial charge in [-0.25, -0.2) is 0 Å². The predicted octanol–water partition coefficient (Wildman–Crippen LogP) is 5.06. The first kappa shape index (κ1) is 16.3. The van der Waals surface area contributed by atoms with Gasteiger partial charge in [0.15, 0.2) is 11.5 Å². The Morgan fingerprint density at radius 2 is 1.69 bits per heavy atom. The summed E-state index contributed by atoms with van der Waals surface area (Å²) in [5, 5.41) is 19.5. The van der Waals surface area contributed by atoms with Crippen LogP contribution in [0.25, 0.3) is 22.2 Å². The van der Waals surface area contributed by atoms with Gasteiger partial charge < -0.3 is 5.32 Å². The molecule has 0 saturated heterocycles. The molecule has 2 aromatic heterocycles. The quantitative estimate of drug-likeness (QED) is 0.545. The summed E-state index contributed by atoms with van der Waals surface area (Å²) >= 11 is 0. The molecule has 0 aliphatic heterocycles. The molecule has 0 aliphatic rings. The zero-order chi connectivity index (χ0) is 18.1.